The lowest BCUT2D eigenvalue weighted by Gasteiger charge is -2.15. The summed E-state index contributed by atoms with van der Waals surface area (Å²) in [7, 11) is 0. The maximum atomic E-state index is 2.36. The van der Waals surface area contributed by atoms with Gasteiger partial charge in [0.05, 0.1) is 0 Å². The lowest BCUT2D eigenvalue weighted by Crippen LogP contribution is -2.01. The zero-order chi connectivity index (χ0) is 16.1. The van der Waals surface area contributed by atoms with E-state index in [9.17, 15) is 0 Å². The zero-order valence-corrected chi connectivity index (χ0v) is 14.8. The van der Waals surface area contributed by atoms with Crippen LogP contribution in [-0.2, 0) is 25.7 Å². The van der Waals surface area contributed by atoms with Gasteiger partial charge in [-0.05, 0) is 87.5 Å². The molecule has 0 nitrogen and oxygen atoms in total. The number of fused-ring (bicyclic) bond motifs is 2. The third-order valence-corrected chi connectivity index (χ3v) is 5.26. The van der Waals surface area contributed by atoms with Crippen LogP contribution in [0.1, 0.15) is 65.5 Å². The summed E-state index contributed by atoms with van der Waals surface area (Å²) in [6.07, 6.45) is 12.2. The van der Waals surface area contributed by atoms with E-state index in [-0.39, 0.29) is 0 Å². The fraction of sp³-hybridized carbons (Fsp3) is 0.478. The topological polar surface area (TPSA) is 0 Å². The van der Waals surface area contributed by atoms with Crippen molar-refractivity contribution in [3.63, 3.8) is 0 Å². The van der Waals surface area contributed by atoms with E-state index in [0.29, 0.717) is 0 Å². The summed E-state index contributed by atoms with van der Waals surface area (Å²) in [6, 6.07) is 13.8. The first kappa shape index (κ1) is 16.3. The molecule has 4 rings (SSSR count). The smallest absolute Gasteiger partial charge is 0.0276 e. The summed E-state index contributed by atoms with van der Waals surface area (Å²) < 4.78 is 0. The summed E-state index contributed by atoms with van der Waals surface area (Å²) in [6.45, 7) is 4.36. The van der Waals surface area contributed by atoms with Crippen molar-refractivity contribution in [1.29, 1.82) is 0 Å². The standard InChI is InChI=1S/C12H16.C11H14/c1-10-7-8-11-5-3-2-4-6-12(11)9-10;1-9-6-7-10-4-2-3-5-11(10)8-9/h7-9H,2-6H2,1H3;6-8H,2-5H2,1H3. The minimum absolute atomic E-state index is 1.30. The molecule has 0 atom stereocenters. The number of rotatable bonds is 0. The Hall–Kier alpha value is -1.56. The van der Waals surface area contributed by atoms with Crippen molar-refractivity contribution in [1.82, 2.24) is 0 Å². The molecular formula is C23H30. The second-order valence-electron chi connectivity index (χ2n) is 7.31. The first-order valence-electron chi connectivity index (χ1n) is 9.39. The van der Waals surface area contributed by atoms with Gasteiger partial charge < -0.3 is 0 Å². The Kier molecular flexibility index (Phi) is 5.54. The van der Waals surface area contributed by atoms with Gasteiger partial charge >= 0.3 is 0 Å². The van der Waals surface area contributed by atoms with Gasteiger partial charge in [-0.1, -0.05) is 53.9 Å². The van der Waals surface area contributed by atoms with Crippen molar-refractivity contribution in [2.45, 2.75) is 71.6 Å². The summed E-state index contributed by atoms with van der Waals surface area (Å²) >= 11 is 0. The molecular weight excluding hydrogens is 276 g/mol. The molecule has 2 aromatic rings. The summed E-state index contributed by atoms with van der Waals surface area (Å²) in [4.78, 5) is 0. The molecule has 0 heteroatoms. The van der Waals surface area contributed by atoms with Crippen molar-refractivity contribution < 1.29 is 0 Å². The molecule has 0 saturated carbocycles. The van der Waals surface area contributed by atoms with Crippen LogP contribution in [0.5, 0.6) is 0 Å². The summed E-state index contributed by atoms with van der Waals surface area (Å²) in [5.41, 5.74) is 9.20. The van der Waals surface area contributed by atoms with Crippen LogP contribution in [0.2, 0.25) is 0 Å². The second-order valence-corrected chi connectivity index (χ2v) is 7.31. The van der Waals surface area contributed by atoms with E-state index in [1.807, 2.05) is 0 Å². The van der Waals surface area contributed by atoms with E-state index in [1.54, 1.807) is 22.3 Å². The molecule has 0 aliphatic heterocycles. The van der Waals surface area contributed by atoms with E-state index in [1.165, 1.54) is 68.9 Å². The van der Waals surface area contributed by atoms with Crippen molar-refractivity contribution in [2.75, 3.05) is 0 Å². The van der Waals surface area contributed by atoms with Crippen molar-refractivity contribution in [2.24, 2.45) is 0 Å². The number of benzene rings is 2. The number of hydrogen-bond donors (Lipinski definition) is 0. The fourth-order valence-electron chi connectivity index (χ4n) is 3.90. The Morgan fingerprint density at radius 1 is 0.478 bits per heavy atom. The molecule has 23 heavy (non-hydrogen) atoms. The van der Waals surface area contributed by atoms with Gasteiger partial charge in [-0.2, -0.15) is 0 Å². The molecule has 0 bridgehead atoms. The van der Waals surface area contributed by atoms with Crippen LogP contribution in [0.15, 0.2) is 36.4 Å². The van der Waals surface area contributed by atoms with Crippen LogP contribution in [-0.4, -0.2) is 0 Å². The first-order valence-corrected chi connectivity index (χ1v) is 9.39. The molecule has 122 valence electrons. The Balaban J connectivity index is 0.000000136. The van der Waals surface area contributed by atoms with Gasteiger partial charge in [-0.25, -0.2) is 0 Å². The minimum atomic E-state index is 1.30. The lowest BCUT2D eigenvalue weighted by molar-refractivity contribution is 0.685. The SMILES string of the molecule is Cc1ccc2c(c1)CCCC2.Cc1ccc2c(c1)CCCCC2. The average molecular weight is 306 g/mol. The fourth-order valence-corrected chi connectivity index (χ4v) is 3.90. The van der Waals surface area contributed by atoms with Crippen LogP contribution in [0.4, 0.5) is 0 Å². The third-order valence-electron chi connectivity index (χ3n) is 5.26. The predicted molar refractivity (Wildman–Crippen MR) is 100 cm³/mol. The quantitative estimate of drug-likeness (QED) is 0.513. The highest BCUT2D eigenvalue weighted by atomic mass is 14.1. The highest BCUT2D eigenvalue weighted by Crippen LogP contribution is 2.22. The molecule has 0 fully saturated rings. The molecule has 0 aromatic heterocycles. The van der Waals surface area contributed by atoms with Crippen LogP contribution in [0.25, 0.3) is 0 Å². The van der Waals surface area contributed by atoms with E-state index in [2.05, 4.69) is 50.2 Å². The second kappa shape index (κ2) is 7.81. The summed E-state index contributed by atoms with van der Waals surface area (Å²) in [5, 5.41) is 0. The van der Waals surface area contributed by atoms with Gasteiger partial charge in [-0.3, -0.25) is 0 Å². The van der Waals surface area contributed by atoms with Crippen LogP contribution in [0, 0.1) is 13.8 Å². The van der Waals surface area contributed by atoms with Crippen LogP contribution < -0.4 is 0 Å². The predicted octanol–water partition coefficient (Wildman–Crippen LogP) is 6.14. The number of aryl methyl sites for hydroxylation is 6. The minimum Gasteiger partial charge on any atom is -0.0590 e. The molecule has 0 saturated heterocycles. The molecule has 0 amide bonds. The molecule has 0 spiro atoms. The van der Waals surface area contributed by atoms with Gasteiger partial charge in [0, 0.05) is 0 Å². The highest BCUT2D eigenvalue weighted by Gasteiger charge is 2.08. The molecule has 2 aliphatic carbocycles. The van der Waals surface area contributed by atoms with E-state index in [0.717, 1.165) is 0 Å². The first-order chi connectivity index (χ1) is 11.2. The molecule has 0 unspecified atom stereocenters. The molecule has 0 N–H and O–H groups in total. The van der Waals surface area contributed by atoms with Gasteiger partial charge in [0.1, 0.15) is 0 Å². The molecule has 0 heterocycles. The van der Waals surface area contributed by atoms with Gasteiger partial charge in [0.25, 0.3) is 0 Å². The highest BCUT2D eigenvalue weighted by molar-refractivity contribution is 5.33. The van der Waals surface area contributed by atoms with Crippen LogP contribution >= 0.6 is 0 Å². The molecule has 0 radical (unpaired) electrons. The Labute approximate surface area is 141 Å². The Morgan fingerprint density at radius 3 is 1.35 bits per heavy atom. The van der Waals surface area contributed by atoms with Crippen molar-refractivity contribution in [3.05, 3.63) is 69.8 Å². The zero-order valence-electron chi connectivity index (χ0n) is 14.8. The van der Waals surface area contributed by atoms with Crippen molar-refractivity contribution >= 4 is 0 Å². The Bertz CT molecular complexity index is 651. The monoisotopic (exact) mass is 306 g/mol. The largest absolute Gasteiger partial charge is 0.0590 e. The average Bonchev–Trinajstić information content (AvgIpc) is 2.80. The third kappa shape index (κ3) is 4.47. The van der Waals surface area contributed by atoms with Crippen LogP contribution in [0.3, 0.4) is 0 Å². The maximum absolute atomic E-state index is 2.36. The lowest BCUT2D eigenvalue weighted by atomic mass is 9.91. The van der Waals surface area contributed by atoms with E-state index < -0.39 is 0 Å². The Morgan fingerprint density at radius 2 is 0.870 bits per heavy atom. The van der Waals surface area contributed by atoms with Crippen molar-refractivity contribution in [3.8, 4) is 0 Å². The van der Waals surface area contributed by atoms with Gasteiger partial charge in [0.2, 0.25) is 0 Å². The number of hydrogen-bond acceptors (Lipinski definition) is 0. The van der Waals surface area contributed by atoms with E-state index in [4.69, 9.17) is 0 Å². The van der Waals surface area contributed by atoms with Gasteiger partial charge in [-0.15, -0.1) is 0 Å². The van der Waals surface area contributed by atoms with E-state index >= 15 is 0 Å². The summed E-state index contributed by atoms with van der Waals surface area (Å²) in [5.74, 6) is 0. The molecule has 2 aromatic carbocycles. The maximum Gasteiger partial charge on any atom is -0.0276 e. The molecule has 2 aliphatic rings. The van der Waals surface area contributed by atoms with Gasteiger partial charge in [0.15, 0.2) is 0 Å². The normalized spacial score (nSPS) is 16.4.